The Labute approximate surface area is 157 Å². The van der Waals surface area contributed by atoms with Gasteiger partial charge in [-0.1, -0.05) is 18.2 Å². The Balaban J connectivity index is 1.38. The SMILES string of the molecule is COc1ccn2c(C(=O)N3CCC4(CCc5ccccc5O4)C3)cnc2c1. The van der Waals surface area contributed by atoms with Gasteiger partial charge in [0.1, 0.15) is 28.4 Å². The minimum absolute atomic E-state index is 0.00741. The summed E-state index contributed by atoms with van der Waals surface area (Å²) < 4.78 is 13.4. The van der Waals surface area contributed by atoms with Crippen LogP contribution in [0.15, 0.2) is 48.8 Å². The highest BCUT2D eigenvalue weighted by atomic mass is 16.5. The van der Waals surface area contributed by atoms with Crippen LogP contribution in [0.2, 0.25) is 0 Å². The average Bonchev–Trinajstić information content (AvgIpc) is 3.31. The van der Waals surface area contributed by atoms with Crippen LogP contribution in [0.5, 0.6) is 11.5 Å². The number of carbonyl (C=O) groups excluding carboxylic acids is 1. The third kappa shape index (κ3) is 2.63. The number of imidazole rings is 1. The summed E-state index contributed by atoms with van der Waals surface area (Å²) in [7, 11) is 1.62. The molecule has 138 valence electrons. The topological polar surface area (TPSA) is 56.1 Å². The van der Waals surface area contributed by atoms with E-state index in [9.17, 15) is 4.79 Å². The molecular weight excluding hydrogens is 342 g/mol. The van der Waals surface area contributed by atoms with Gasteiger partial charge in [-0.05, 0) is 30.5 Å². The van der Waals surface area contributed by atoms with Crippen LogP contribution in [-0.2, 0) is 6.42 Å². The van der Waals surface area contributed by atoms with Crippen molar-refractivity contribution in [2.24, 2.45) is 0 Å². The molecule has 6 nitrogen and oxygen atoms in total. The molecule has 1 saturated heterocycles. The van der Waals surface area contributed by atoms with Gasteiger partial charge >= 0.3 is 0 Å². The molecule has 1 aromatic carbocycles. The second-order valence-electron chi connectivity index (χ2n) is 7.31. The quantitative estimate of drug-likeness (QED) is 0.702. The fourth-order valence-electron chi connectivity index (χ4n) is 4.17. The second-order valence-corrected chi connectivity index (χ2v) is 7.31. The third-order valence-corrected chi connectivity index (χ3v) is 5.69. The Morgan fingerprint density at radius 1 is 1.26 bits per heavy atom. The van der Waals surface area contributed by atoms with E-state index in [1.807, 2.05) is 45.8 Å². The summed E-state index contributed by atoms with van der Waals surface area (Å²) in [5.74, 6) is 1.67. The Kier molecular flexibility index (Phi) is 3.60. The van der Waals surface area contributed by atoms with Crippen molar-refractivity contribution in [3.05, 3.63) is 60.0 Å². The maximum atomic E-state index is 13.1. The first-order valence-corrected chi connectivity index (χ1v) is 9.25. The molecule has 0 bridgehead atoms. The number of rotatable bonds is 2. The van der Waals surface area contributed by atoms with Crippen molar-refractivity contribution in [3.63, 3.8) is 0 Å². The molecule has 2 aromatic heterocycles. The first-order chi connectivity index (χ1) is 13.2. The molecule has 0 aliphatic carbocycles. The van der Waals surface area contributed by atoms with Crippen molar-refractivity contribution in [3.8, 4) is 11.5 Å². The van der Waals surface area contributed by atoms with Crippen molar-refractivity contribution in [2.45, 2.75) is 24.9 Å². The van der Waals surface area contributed by atoms with Gasteiger partial charge in [0.15, 0.2) is 0 Å². The zero-order chi connectivity index (χ0) is 18.4. The van der Waals surface area contributed by atoms with Crippen LogP contribution < -0.4 is 9.47 Å². The molecule has 5 rings (SSSR count). The lowest BCUT2D eigenvalue weighted by Gasteiger charge is -2.35. The summed E-state index contributed by atoms with van der Waals surface area (Å²) in [5.41, 5.74) is 2.26. The molecule has 2 aliphatic heterocycles. The highest BCUT2D eigenvalue weighted by Crippen LogP contribution is 2.38. The molecule has 1 spiro atoms. The summed E-state index contributed by atoms with van der Waals surface area (Å²) in [6.45, 7) is 1.31. The van der Waals surface area contributed by atoms with Gasteiger partial charge in [-0.15, -0.1) is 0 Å². The van der Waals surface area contributed by atoms with E-state index in [1.54, 1.807) is 13.3 Å². The van der Waals surface area contributed by atoms with E-state index in [1.165, 1.54) is 5.56 Å². The number of carbonyl (C=O) groups is 1. The fraction of sp³-hybridized carbons (Fsp3) is 0.333. The number of methoxy groups -OCH3 is 1. The number of fused-ring (bicyclic) bond motifs is 2. The molecule has 0 saturated carbocycles. The fourth-order valence-corrected chi connectivity index (χ4v) is 4.17. The Hall–Kier alpha value is -3.02. The highest BCUT2D eigenvalue weighted by Gasteiger charge is 2.44. The lowest BCUT2D eigenvalue weighted by molar-refractivity contribution is 0.0482. The van der Waals surface area contributed by atoms with Gasteiger partial charge in [-0.25, -0.2) is 4.98 Å². The van der Waals surface area contributed by atoms with Gasteiger partial charge in [0.25, 0.3) is 5.91 Å². The first kappa shape index (κ1) is 16.2. The Morgan fingerprint density at radius 3 is 3.04 bits per heavy atom. The number of amides is 1. The van der Waals surface area contributed by atoms with Crippen LogP contribution in [0.1, 0.15) is 28.9 Å². The zero-order valence-electron chi connectivity index (χ0n) is 15.2. The largest absolute Gasteiger partial charge is 0.497 e. The van der Waals surface area contributed by atoms with E-state index in [2.05, 4.69) is 11.1 Å². The summed E-state index contributed by atoms with van der Waals surface area (Å²) in [4.78, 5) is 19.4. The van der Waals surface area contributed by atoms with Crippen molar-refractivity contribution in [1.82, 2.24) is 14.3 Å². The van der Waals surface area contributed by atoms with Crippen molar-refractivity contribution in [1.29, 1.82) is 0 Å². The number of nitrogens with zero attached hydrogens (tertiary/aromatic N) is 3. The first-order valence-electron chi connectivity index (χ1n) is 9.25. The van der Waals surface area contributed by atoms with Crippen LogP contribution in [0.25, 0.3) is 5.65 Å². The van der Waals surface area contributed by atoms with E-state index >= 15 is 0 Å². The number of benzene rings is 1. The lowest BCUT2D eigenvalue weighted by Crippen LogP contribution is -2.43. The number of likely N-dealkylation sites (tertiary alicyclic amines) is 1. The predicted molar refractivity (Wildman–Crippen MR) is 100 cm³/mol. The van der Waals surface area contributed by atoms with E-state index < -0.39 is 0 Å². The van der Waals surface area contributed by atoms with Crippen molar-refractivity contribution >= 4 is 11.6 Å². The number of hydrogen-bond acceptors (Lipinski definition) is 4. The number of pyridine rings is 1. The standard InChI is InChI=1S/C21H21N3O3/c1-26-16-7-10-24-17(13-22-19(24)12-16)20(25)23-11-9-21(14-23)8-6-15-4-2-3-5-18(15)27-21/h2-5,7,10,12-13H,6,8-9,11,14H2,1H3. The minimum Gasteiger partial charge on any atom is -0.497 e. The number of ether oxygens (including phenoxy) is 2. The van der Waals surface area contributed by atoms with Crippen LogP contribution in [0, 0.1) is 0 Å². The van der Waals surface area contributed by atoms with Crippen molar-refractivity contribution in [2.75, 3.05) is 20.2 Å². The summed E-state index contributed by atoms with van der Waals surface area (Å²) in [6, 6.07) is 11.8. The molecule has 0 N–H and O–H groups in total. The monoisotopic (exact) mass is 363 g/mol. The molecule has 4 heterocycles. The Morgan fingerprint density at radius 2 is 2.15 bits per heavy atom. The number of para-hydroxylation sites is 1. The van der Waals surface area contributed by atoms with Crippen LogP contribution in [0.4, 0.5) is 0 Å². The Bertz CT molecular complexity index is 1030. The number of hydrogen-bond donors (Lipinski definition) is 0. The zero-order valence-corrected chi connectivity index (χ0v) is 15.2. The van der Waals surface area contributed by atoms with E-state index in [0.29, 0.717) is 24.4 Å². The highest BCUT2D eigenvalue weighted by molar-refractivity contribution is 5.93. The second kappa shape index (κ2) is 6.01. The third-order valence-electron chi connectivity index (χ3n) is 5.69. The smallest absolute Gasteiger partial charge is 0.272 e. The molecule has 1 unspecified atom stereocenters. The maximum absolute atomic E-state index is 13.1. The van der Waals surface area contributed by atoms with Gasteiger partial charge in [0, 0.05) is 25.2 Å². The molecule has 1 fully saturated rings. The van der Waals surface area contributed by atoms with Gasteiger partial charge < -0.3 is 14.4 Å². The van der Waals surface area contributed by atoms with Gasteiger partial charge in [0.05, 0.1) is 19.9 Å². The summed E-state index contributed by atoms with van der Waals surface area (Å²) in [5, 5.41) is 0. The molecule has 0 radical (unpaired) electrons. The van der Waals surface area contributed by atoms with E-state index in [0.717, 1.165) is 30.8 Å². The molecule has 27 heavy (non-hydrogen) atoms. The minimum atomic E-state index is -0.270. The summed E-state index contributed by atoms with van der Waals surface area (Å²) in [6.07, 6.45) is 6.26. The molecule has 1 amide bonds. The van der Waals surface area contributed by atoms with Gasteiger partial charge in [-0.3, -0.25) is 9.20 Å². The number of aromatic nitrogens is 2. The molecule has 6 heteroatoms. The molecule has 3 aromatic rings. The molecule has 2 aliphatic rings. The normalized spacial score (nSPS) is 21.3. The maximum Gasteiger partial charge on any atom is 0.272 e. The molecule has 1 atom stereocenters. The average molecular weight is 363 g/mol. The van der Waals surface area contributed by atoms with Crippen LogP contribution in [-0.4, -0.2) is 46.0 Å². The van der Waals surface area contributed by atoms with Crippen molar-refractivity contribution < 1.29 is 14.3 Å². The predicted octanol–water partition coefficient (Wildman–Crippen LogP) is 2.95. The van der Waals surface area contributed by atoms with Gasteiger partial charge in [-0.2, -0.15) is 0 Å². The van der Waals surface area contributed by atoms with Gasteiger partial charge in [0.2, 0.25) is 0 Å². The number of aryl methyl sites for hydroxylation is 1. The van der Waals surface area contributed by atoms with E-state index in [-0.39, 0.29) is 11.5 Å². The van der Waals surface area contributed by atoms with Crippen LogP contribution >= 0.6 is 0 Å². The lowest BCUT2D eigenvalue weighted by atomic mass is 9.90. The van der Waals surface area contributed by atoms with E-state index in [4.69, 9.17) is 9.47 Å². The van der Waals surface area contributed by atoms with Crippen LogP contribution in [0.3, 0.4) is 0 Å². The molecular formula is C21H21N3O3. The summed E-state index contributed by atoms with van der Waals surface area (Å²) >= 11 is 0.